The molecule has 2 rings (SSSR count). The van der Waals surface area contributed by atoms with Crippen LogP contribution in [0.3, 0.4) is 0 Å². The third kappa shape index (κ3) is 1.24. The van der Waals surface area contributed by atoms with Crippen LogP contribution >= 0.6 is 0 Å². The molecule has 1 aromatic carbocycles. The molecule has 1 fully saturated rings. The maximum atomic E-state index is 12.7. The molecule has 62 valence electrons. The third-order valence-electron chi connectivity index (χ3n) is 2.29. The van der Waals surface area contributed by atoms with Gasteiger partial charge in [0.05, 0.1) is 0 Å². The van der Waals surface area contributed by atoms with Gasteiger partial charge in [-0.2, -0.15) is 0 Å². The molecule has 0 spiro atoms. The fourth-order valence-corrected chi connectivity index (χ4v) is 1.49. The summed E-state index contributed by atoms with van der Waals surface area (Å²) in [4.78, 5) is 10.3. The summed E-state index contributed by atoms with van der Waals surface area (Å²) in [5.41, 5.74) is 0.951. The number of carbonyl (C=O) groups excluding carboxylic acids is 1. The Bertz CT molecular complexity index is 308. The normalized spacial score (nSPS) is 26.8. The van der Waals surface area contributed by atoms with Crippen LogP contribution in [0.15, 0.2) is 24.3 Å². The molecule has 1 aliphatic rings. The fourth-order valence-electron chi connectivity index (χ4n) is 1.49. The van der Waals surface area contributed by atoms with Crippen molar-refractivity contribution in [2.45, 2.75) is 12.3 Å². The molecule has 0 saturated heterocycles. The van der Waals surface area contributed by atoms with E-state index in [9.17, 15) is 9.18 Å². The largest absolute Gasteiger partial charge is 0.303 e. The van der Waals surface area contributed by atoms with Gasteiger partial charge in [-0.3, -0.25) is 0 Å². The zero-order chi connectivity index (χ0) is 8.55. The Labute approximate surface area is 70.2 Å². The van der Waals surface area contributed by atoms with E-state index in [0.717, 1.165) is 18.3 Å². The second-order valence-electron chi connectivity index (χ2n) is 3.20. The average molecular weight is 164 g/mol. The molecule has 0 amide bonds. The van der Waals surface area contributed by atoms with Crippen LogP contribution in [0, 0.1) is 11.7 Å². The van der Waals surface area contributed by atoms with Gasteiger partial charge >= 0.3 is 0 Å². The van der Waals surface area contributed by atoms with Gasteiger partial charge < -0.3 is 4.79 Å². The van der Waals surface area contributed by atoms with E-state index in [1.165, 1.54) is 12.1 Å². The van der Waals surface area contributed by atoms with E-state index in [4.69, 9.17) is 0 Å². The number of rotatable bonds is 2. The molecule has 1 aliphatic carbocycles. The summed E-state index contributed by atoms with van der Waals surface area (Å²) in [6, 6.07) is 6.48. The lowest BCUT2D eigenvalue weighted by Crippen LogP contribution is -1.85. The smallest absolute Gasteiger partial charge is 0.123 e. The van der Waals surface area contributed by atoms with Crippen LogP contribution in [0.2, 0.25) is 0 Å². The highest BCUT2D eigenvalue weighted by Crippen LogP contribution is 2.45. The first-order valence-electron chi connectivity index (χ1n) is 4.02. The molecule has 2 heteroatoms. The molecule has 2 atom stereocenters. The number of carbonyl (C=O) groups is 1. The highest BCUT2D eigenvalue weighted by Gasteiger charge is 2.37. The first-order valence-corrected chi connectivity index (χ1v) is 4.02. The minimum Gasteiger partial charge on any atom is -0.303 e. The van der Waals surface area contributed by atoms with Gasteiger partial charge in [0, 0.05) is 5.92 Å². The summed E-state index contributed by atoms with van der Waals surface area (Å²) in [6.07, 6.45) is 1.84. The quantitative estimate of drug-likeness (QED) is 0.612. The SMILES string of the molecule is O=CC1CC1c1cccc(F)c1. The molecular weight excluding hydrogens is 155 g/mol. The molecular formula is C10H9FO. The van der Waals surface area contributed by atoms with Gasteiger partial charge in [-0.1, -0.05) is 12.1 Å². The van der Waals surface area contributed by atoms with E-state index < -0.39 is 0 Å². The monoisotopic (exact) mass is 164 g/mol. The second kappa shape index (κ2) is 2.70. The number of aldehydes is 1. The van der Waals surface area contributed by atoms with Crippen molar-refractivity contribution in [1.29, 1.82) is 0 Å². The fraction of sp³-hybridized carbons (Fsp3) is 0.300. The zero-order valence-electron chi connectivity index (χ0n) is 6.53. The van der Waals surface area contributed by atoms with Crippen molar-refractivity contribution in [3.8, 4) is 0 Å². The molecule has 0 bridgehead atoms. The Morgan fingerprint density at radius 2 is 2.33 bits per heavy atom. The lowest BCUT2D eigenvalue weighted by atomic mass is 10.1. The highest BCUT2D eigenvalue weighted by atomic mass is 19.1. The molecule has 0 aromatic heterocycles. The van der Waals surface area contributed by atoms with Crippen LogP contribution in [0.1, 0.15) is 17.9 Å². The predicted molar refractivity (Wildman–Crippen MR) is 43.3 cm³/mol. The molecule has 0 heterocycles. The topological polar surface area (TPSA) is 17.1 Å². The molecule has 1 aromatic rings. The summed E-state index contributed by atoms with van der Waals surface area (Å²) in [7, 11) is 0. The summed E-state index contributed by atoms with van der Waals surface area (Å²) in [5, 5.41) is 0. The van der Waals surface area contributed by atoms with Crippen LogP contribution < -0.4 is 0 Å². The maximum Gasteiger partial charge on any atom is 0.123 e. The van der Waals surface area contributed by atoms with Crippen molar-refractivity contribution in [2.75, 3.05) is 0 Å². The van der Waals surface area contributed by atoms with E-state index in [-0.39, 0.29) is 17.7 Å². The van der Waals surface area contributed by atoms with Crippen molar-refractivity contribution in [1.82, 2.24) is 0 Å². The van der Waals surface area contributed by atoms with Crippen molar-refractivity contribution < 1.29 is 9.18 Å². The van der Waals surface area contributed by atoms with E-state index in [0.29, 0.717) is 0 Å². The van der Waals surface area contributed by atoms with Gasteiger partial charge in [-0.15, -0.1) is 0 Å². The van der Waals surface area contributed by atoms with Crippen molar-refractivity contribution in [3.05, 3.63) is 35.6 Å². The standard InChI is InChI=1S/C10H9FO/c11-9-3-1-2-7(4-9)10-5-8(10)6-12/h1-4,6,8,10H,5H2. The molecule has 1 saturated carbocycles. The number of hydrogen-bond donors (Lipinski definition) is 0. The van der Waals surface area contributed by atoms with Crippen LogP contribution in [-0.4, -0.2) is 6.29 Å². The van der Waals surface area contributed by atoms with Crippen LogP contribution in [0.25, 0.3) is 0 Å². The average Bonchev–Trinajstić information content (AvgIpc) is 2.83. The van der Waals surface area contributed by atoms with Crippen LogP contribution in [-0.2, 0) is 4.79 Å². The molecule has 12 heavy (non-hydrogen) atoms. The number of hydrogen-bond acceptors (Lipinski definition) is 1. The number of halogens is 1. The van der Waals surface area contributed by atoms with Gasteiger partial charge in [0.2, 0.25) is 0 Å². The van der Waals surface area contributed by atoms with Crippen molar-refractivity contribution in [3.63, 3.8) is 0 Å². The van der Waals surface area contributed by atoms with Crippen molar-refractivity contribution >= 4 is 6.29 Å². The Morgan fingerprint density at radius 3 is 2.92 bits per heavy atom. The van der Waals surface area contributed by atoms with E-state index in [2.05, 4.69) is 0 Å². The molecule has 0 radical (unpaired) electrons. The minimum atomic E-state index is -0.218. The molecule has 1 nitrogen and oxygen atoms in total. The first kappa shape index (κ1) is 7.47. The Balaban J connectivity index is 2.19. The lowest BCUT2D eigenvalue weighted by Gasteiger charge is -1.96. The zero-order valence-corrected chi connectivity index (χ0v) is 6.53. The van der Waals surface area contributed by atoms with Gasteiger partial charge in [0.15, 0.2) is 0 Å². The summed E-state index contributed by atoms with van der Waals surface area (Å²) < 4.78 is 12.7. The van der Waals surface area contributed by atoms with E-state index >= 15 is 0 Å². The van der Waals surface area contributed by atoms with Gasteiger partial charge in [0.25, 0.3) is 0 Å². The maximum absolute atomic E-state index is 12.7. The number of benzene rings is 1. The summed E-state index contributed by atoms with van der Waals surface area (Å²) >= 11 is 0. The van der Waals surface area contributed by atoms with Crippen LogP contribution in [0.5, 0.6) is 0 Å². The molecule has 2 unspecified atom stereocenters. The minimum absolute atomic E-state index is 0.131. The first-order chi connectivity index (χ1) is 5.81. The predicted octanol–water partition coefficient (Wildman–Crippen LogP) is 2.13. The van der Waals surface area contributed by atoms with Crippen LogP contribution in [0.4, 0.5) is 4.39 Å². The Kier molecular flexibility index (Phi) is 1.68. The Morgan fingerprint density at radius 1 is 1.50 bits per heavy atom. The lowest BCUT2D eigenvalue weighted by molar-refractivity contribution is -0.108. The van der Waals surface area contributed by atoms with Gasteiger partial charge in [0.1, 0.15) is 12.1 Å². The van der Waals surface area contributed by atoms with Crippen molar-refractivity contribution in [2.24, 2.45) is 5.92 Å². The van der Waals surface area contributed by atoms with E-state index in [1.54, 1.807) is 6.07 Å². The van der Waals surface area contributed by atoms with Gasteiger partial charge in [-0.25, -0.2) is 4.39 Å². The Hall–Kier alpha value is -1.18. The highest BCUT2D eigenvalue weighted by molar-refractivity contribution is 5.61. The third-order valence-corrected chi connectivity index (χ3v) is 2.29. The molecule has 0 N–H and O–H groups in total. The van der Waals surface area contributed by atoms with Gasteiger partial charge in [-0.05, 0) is 30.0 Å². The molecule has 0 aliphatic heterocycles. The van der Waals surface area contributed by atoms with E-state index in [1.807, 2.05) is 6.07 Å². The summed E-state index contributed by atoms with van der Waals surface area (Å²) in [6.45, 7) is 0. The summed E-state index contributed by atoms with van der Waals surface area (Å²) in [5.74, 6) is 0.189. The second-order valence-corrected chi connectivity index (χ2v) is 3.20.